The molecule has 0 aliphatic carbocycles. The maximum Gasteiger partial charge on any atom is 0.416 e. The zero-order valence-corrected chi connectivity index (χ0v) is 9.80. The second-order valence-electron chi connectivity index (χ2n) is 4.57. The highest BCUT2D eigenvalue weighted by atomic mass is 35.5. The number of halogens is 5. The summed E-state index contributed by atoms with van der Waals surface area (Å²) in [6.07, 6.45) is -4.52. The third kappa shape index (κ3) is 2.67. The van der Waals surface area contributed by atoms with Crippen molar-refractivity contribution in [3.63, 3.8) is 0 Å². The SMILES string of the molecule is CC(C)(C)c1cc(C(F)(F)F)cc(Cl)c1F. The van der Waals surface area contributed by atoms with Crippen LogP contribution in [0.25, 0.3) is 0 Å². The van der Waals surface area contributed by atoms with E-state index in [1.54, 1.807) is 20.8 Å². The predicted octanol–water partition coefficient (Wildman–Crippen LogP) is 4.80. The van der Waals surface area contributed by atoms with Crippen molar-refractivity contribution < 1.29 is 17.6 Å². The molecule has 0 radical (unpaired) electrons. The molecule has 1 aromatic rings. The van der Waals surface area contributed by atoms with Crippen LogP contribution in [0.1, 0.15) is 31.9 Å². The Hall–Kier alpha value is -0.770. The van der Waals surface area contributed by atoms with E-state index in [0.717, 1.165) is 6.07 Å². The van der Waals surface area contributed by atoms with Gasteiger partial charge in [0.1, 0.15) is 5.82 Å². The van der Waals surface area contributed by atoms with E-state index in [2.05, 4.69) is 0 Å². The van der Waals surface area contributed by atoms with Crippen molar-refractivity contribution in [2.24, 2.45) is 0 Å². The first-order valence-corrected chi connectivity index (χ1v) is 4.98. The zero-order valence-electron chi connectivity index (χ0n) is 9.04. The smallest absolute Gasteiger partial charge is 0.205 e. The fraction of sp³-hybridized carbons (Fsp3) is 0.455. The minimum atomic E-state index is -4.52. The van der Waals surface area contributed by atoms with Gasteiger partial charge < -0.3 is 0 Å². The topological polar surface area (TPSA) is 0 Å². The Morgan fingerprint density at radius 2 is 1.56 bits per heavy atom. The molecule has 0 bridgehead atoms. The molecule has 16 heavy (non-hydrogen) atoms. The van der Waals surface area contributed by atoms with E-state index in [1.165, 1.54) is 0 Å². The maximum atomic E-state index is 13.6. The van der Waals surface area contributed by atoms with Gasteiger partial charge in [-0.1, -0.05) is 32.4 Å². The van der Waals surface area contributed by atoms with Crippen LogP contribution in [-0.4, -0.2) is 0 Å². The number of benzene rings is 1. The van der Waals surface area contributed by atoms with Gasteiger partial charge in [-0.15, -0.1) is 0 Å². The van der Waals surface area contributed by atoms with Gasteiger partial charge in [-0.2, -0.15) is 13.2 Å². The minimum Gasteiger partial charge on any atom is -0.205 e. The highest BCUT2D eigenvalue weighted by molar-refractivity contribution is 6.30. The Morgan fingerprint density at radius 3 is 1.94 bits per heavy atom. The lowest BCUT2D eigenvalue weighted by molar-refractivity contribution is -0.137. The molecule has 0 spiro atoms. The van der Waals surface area contributed by atoms with Gasteiger partial charge in [0.25, 0.3) is 0 Å². The normalized spacial score (nSPS) is 13.0. The zero-order chi connectivity index (χ0) is 12.7. The third-order valence-electron chi connectivity index (χ3n) is 2.16. The molecule has 0 aliphatic heterocycles. The molecule has 0 fully saturated rings. The van der Waals surface area contributed by atoms with Gasteiger partial charge >= 0.3 is 6.18 Å². The average Bonchev–Trinajstić information content (AvgIpc) is 2.05. The van der Waals surface area contributed by atoms with Crippen LogP contribution in [0.5, 0.6) is 0 Å². The van der Waals surface area contributed by atoms with Crippen molar-refractivity contribution in [1.29, 1.82) is 0 Å². The Morgan fingerprint density at radius 1 is 1.06 bits per heavy atom. The largest absolute Gasteiger partial charge is 0.416 e. The van der Waals surface area contributed by atoms with E-state index in [1.807, 2.05) is 0 Å². The first-order chi connectivity index (χ1) is 7.03. The van der Waals surface area contributed by atoms with Crippen LogP contribution < -0.4 is 0 Å². The first-order valence-electron chi connectivity index (χ1n) is 4.60. The van der Waals surface area contributed by atoms with Crippen molar-refractivity contribution in [3.8, 4) is 0 Å². The van der Waals surface area contributed by atoms with Gasteiger partial charge in [-0.25, -0.2) is 4.39 Å². The van der Waals surface area contributed by atoms with Crippen LogP contribution >= 0.6 is 11.6 Å². The maximum absolute atomic E-state index is 13.6. The molecule has 90 valence electrons. The van der Waals surface area contributed by atoms with Crippen LogP contribution in [0, 0.1) is 5.82 Å². The van der Waals surface area contributed by atoms with Gasteiger partial charge in [0.05, 0.1) is 10.6 Å². The molecule has 0 aliphatic rings. The van der Waals surface area contributed by atoms with Crippen molar-refractivity contribution in [3.05, 3.63) is 34.1 Å². The Labute approximate surface area is 96.2 Å². The minimum absolute atomic E-state index is 0.0349. The Bertz CT molecular complexity index is 402. The van der Waals surface area contributed by atoms with Gasteiger partial charge in [-0.05, 0) is 23.1 Å². The monoisotopic (exact) mass is 254 g/mol. The summed E-state index contributed by atoms with van der Waals surface area (Å²) in [7, 11) is 0. The summed E-state index contributed by atoms with van der Waals surface area (Å²) in [4.78, 5) is 0. The molecule has 0 nitrogen and oxygen atoms in total. The van der Waals surface area contributed by atoms with Crippen LogP contribution in [0.15, 0.2) is 12.1 Å². The fourth-order valence-electron chi connectivity index (χ4n) is 1.30. The summed E-state index contributed by atoms with van der Waals surface area (Å²) in [5, 5.41) is -0.500. The van der Waals surface area contributed by atoms with Gasteiger partial charge in [0, 0.05) is 0 Å². The molecule has 0 N–H and O–H groups in total. The lowest BCUT2D eigenvalue weighted by Crippen LogP contribution is -2.16. The average molecular weight is 255 g/mol. The summed E-state index contributed by atoms with van der Waals surface area (Å²) in [6, 6.07) is 1.41. The number of alkyl halides is 3. The standard InChI is InChI=1S/C11H11ClF4/c1-10(2,3)7-4-6(11(14,15)16)5-8(12)9(7)13/h4-5H,1-3H3. The van der Waals surface area contributed by atoms with E-state index in [-0.39, 0.29) is 5.56 Å². The van der Waals surface area contributed by atoms with Crippen LogP contribution in [0.4, 0.5) is 17.6 Å². The summed E-state index contributed by atoms with van der Waals surface area (Å²) < 4.78 is 51.0. The van der Waals surface area contributed by atoms with Crippen LogP contribution in [0.2, 0.25) is 5.02 Å². The first kappa shape index (κ1) is 13.3. The van der Waals surface area contributed by atoms with Gasteiger partial charge in [0.15, 0.2) is 0 Å². The van der Waals surface area contributed by atoms with Gasteiger partial charge in [-0.3, -0.25) is 0 Å². The molecule has 0 unspecified atom stereocenters. The quantitative estimate of drug-likeness (QED) is 0.584. The highest BCUT2D eigenvalue weighted by Crippen LogP contribution is 2.37. The highest BCUT2D eigenvalue weighted by Gasteiger charge is 2.33. The lowest BCUT2D eigenvalue weighted by Gasteiger charge is -2.22. The van der Waals surface area contributed by atoms with Crippen molar-refractivity contribution in [1.82, 2.24) is 0 Å². The summed E-state index contributed by atoms with van der Waals surface area (Å²) in [6.45, 7) is 4.88. The summed E-state index contributed by atoms with van der Waals surface area (Å²) in [5.41, 5.74) is -1.69. The number of hydrogen-bond acceptors (Lipinski definition) is 0. The van der Waals surface area contributed by atoms with E-state index in [4.69, 9.17) is 11.6 Å². The van der Waals surface area contributed by atoms with Crippen LogP contribution in [-0.2, 0) is 11.6 Å². The number of rotatable bonds is 0. The Balaban J connectivity index is 3.46. The van der Waals surface area contributed by atoms with Crippen molar-refractivity contribution in [2.45, 2.75) is 32.4 Å². The molecule has 0 saturated heterocycles. The third-order valence-corrected chi connectivity index (χ3v) is 2.44. The van der Waals surface area contributed by atoms with Crippen molar-refractivity contribution >= 4 is 11.6 Å². The fourth-order valence-corrected chi connectivity index (χ4v) is 1.52. The van der Waals surface area contributed by atoms with Crippen molar-refractivity contribution in [2.75, 3.05) is 0 Å². The summed E-state index contributed by atoms with van der Waals surface area (Å²) in [5.74, 6) is -0.790. The molecule has 0 amide bonds. The van der Waals surface area contributed by atoms with Gasteiger partial charge in [0.2, 0.25) is 0 Å². The van der Waals surface area contributed by atoms with E-state index in [9.17, 15) is 17.6 Å². The molecule has 0 atom stereocenters. The predicted molar refractivity (Wildman–Crippen MR) is 55.1 cm³/mol. The molecule has 0 heterocycles. The molecule has 0 aromatic heterocycles. The van der Waals surface area contributed by atoms with Crippen LogP contribution in [0.3, 0.4) is 0 Å². The Kier molecular flexibility index (Phi) is 3.25. The molecular weight excluding hydrogens is 244 g/mol. The summed E-state index contributed by atoms with van der Waals surface area (Å²) >= 11 is 5.46. The lowest BCUT2D eigenvalue weighted by atomic mass is 9.85. The van der Waals surface area contributed by atoms with E-state index >= 15 is 0 Å². The molecule has 5 heteroatoms. The second kappa shape index (κ2) is 3.91. The molecule has 1 aromatic carbocycles. The molecular formula is C11H11ClF4. The molecule has 1 rings (SSSR count). The second-order valence-corrected chi connectivity index (χ2v) is 4.97. The van der Waals surface area contributed by atoms with E-state index in [0.29, 0.717) is 6.07 Å². The molecule has 0 saturated carbocycles. The number of hydrogen-bond donors (Lipinski definition) is 0. The van der Waals surface area contributed by atoms with E-state index < -0.39 is 28.0 Å².